The first-order valence-corrected chi connectivity index (χ1v) is 6.30. The van der Waals surface area contributed by atoms with Gasteiger partial charge in [0.25, 0.3) is 5.91 Å². The van der Waals surface area contributed by atoms with Gasteiger partial charge in [0, 0.05) is 11.9 Å². The van der Waals surface area contributed by atoms with E-state index in [9.17, 15) is 4.79 Å². The molecule has 0 aliphatic heterocycles. The van der Waals surface area contributed by atoms with Crippen molar-refractivity contribution in [1.82, 2.24) is 10.6 Å². The first-order chi connectivity index (χ1) is 9.20. The summed E-state index contributed by atoms with van der Waals surface area (Å²) in [5.74, 6) is -0.110. The van der Waals surface area contributed by atoms with Gasteiger partial charge in [-0.3, -0.25) is 10.1 Å². The summed E-state index contributed by atoms with van der Waals surface area (Å²) in [6, 6.07) is 9.13. The number of furan rings is 1. The van der Waals surface area contributed by atoms with Gasteiger partial charge in [-0.05, 0) is 30.8 Å². The van der Waals surface area contributed by atoms with Gasteiger partial charge in [0.15, 0.2) is 10.9 Å². The molecule has 0 aliphatic rings. The van der Waals surface area contributed by atoms with Gasteiger partial charge in [-0.1, -0.05) is 24.3 Å². The molecule has 0 bridgehead atoms. The number of hydrogen-bond donors (Lipinski definition) is 2. The minimum absolute atomic E-state index is 0.245. The minimum atomic E-state index is -0.354. The van der Waals surface area contributed by atoms with Crippen molar-refractivity contribution in [3.8, 4) is 0 Å². The normalized spacial score (nSPS) is 10.1. The van der Waals surface area contributed by atoms with E-state index in [1.807, 2.05) is 24.3 Å². The third-order valence-electron chi connectivity index (χ3n) is 2.51. The summed E-state index contributed by atoms with van der Waals surface area (Å²) in [7, 11) is 0. The van der Waals surface area contributed by atoms with E-state index >= 15 is 0 Å². The lowest BCUT2D eigenvalue weighted by Crippen LogP contribution is -2.39. The van der Waals surface area contributed by atoms with Crippen molar-refractivity contribution >= 4 is 34.2 Å². The van der Waals surface area contributed by atoms with Gasteiger partial charge < -0.3 is 9.73 Å². The molecular formula is C14H14N2O2S. The fourth-order valence-electron chi connectivity index (χ4n) is 1.59. The average Bonchev–Trinajstić information content (AvgIpc) is 2.83. The molecule has 0 fully saturated rings. The van der Waals surface area contributed by atoms with Crippen LogP contribution in [0.25, 0.3) is 11.0 Å². The molecule has 0 unspecified atom stereocenters. The second-order valence-electron chi connectivity index (χ2n) is 3.94. The average molecular weight is 274 g/mol. The number of para-hydroxylation sites is 1. The number of carbonyl (C=O) groups excluding carboxylic acids is 1. The molecule has 19 heavy (non-hydrogen) atoms. The number of hydrogen-bond acceptors (Lipinski definition) is 3. The van der Waals surface area contributed by atoms with Crippen LogP contribution in [0.3, 0.4) is 0 Å². The van der Waals surface area contributed by atoms with Crippen LogP contribution in [0.1, 0.15) is 17.0 Å². The predicted octanol–water partition coefficient (Wildman–Crippen LogP) is 2.61. The molecule has 1 aromatic carbocycles. The molecule has 0 atom stereocenters. The largest absolute Gasteiger partial charge is 0.451 e. The van der Waals surface area contributed by atoms with E-state index in [1.165, 1.54) is 0 Å². The molecule has 0 radical (unpaired) electrons. The van der Waals surface area contributed by atoms with Gasteiger partial charge in [-0.25, -0.2) is 0 Å². The lowest BCUT2D eigenvalue weighted by Gasteiger charge is -2.06. The Hall–Kier alpha value is -2.14. The Morgan fingerprint density at radius 3 is 2.95 bits per heavy atom. The zero-order valence-electron chi connectivity index (χ0n) is 10.3. The van der Waals surface area contributed by atoms with E-state index in [-0.39, 0.29) is 16.8 Å². The fraction of sp³-hybridized carbons (Fsp3) is 0.143. The molecule has 0 spiro atoms. The van der Waals surface area contributed by atoms with Crippen LogP contribution in [0.2, 0.25) is 0 Å². The summed E-state index contributed by atoms with van der Waals surface area (Å²) >= 11 is 5.01. The van der Waals surface area contributed by atoms with Crippen molar-refractivity contribution in [2.24, 2.45) is 0 Å². The molecule has 2 aromatic rings. The summed E-state index contributed by atoms with van der Waals surface area (Å²) in [6.07, 6.45) is 2.55. The highest BCUT2D eigenvalue weighted by molar-refractivity contribution is 7.80. The Morgan fingerprint density at radius 1 is 1.42 bits per heavy atom. The van der Waals surface area contributed by atoms with Crippen molar-refractivity contribution in [3.63, 3.8) is 0 Å². The second-order valence-corrected chi connectivity index (χ2v) is 4.34. The Balaban J connectivity index is 1.99. The molecule has 98 valence electrons. The monoisotopic (exact) mass is 274 g/mol. The molecule has 0 saturated heterocycles. The van der Waals surface area contributed by atoms with E-state index in [4.69, 9.17) is 16.6 Å². The maximum Gasteiger partial charge on any atom is 0.293 e. The number of rotatable bonds is 4. The van der Waals surface area contributed by atoms with Crippen LogP contribution >= 0.6 is 12.2 Å². The van der Waals surface area contributed by atoms with E-state index in [2.05, 4.69) is 17.2 Å². The number of carbonyl (C=O) groups is 1. The van der Waals surface area contributed by atoms with Crippen LogP contribution in [0.5, 0.6) is 0 Å². The number of amides is 1. The number of fused-ring (bicyclic) bond motifs is 1. The van der Waals surface area contributed by atoms with Crippen LogP contribution in [0.15, 0.2) is 47.4 Å². The molecule has 1 heterocycles. The van der Waals surface area contributed by atoms with Crippen LogP contribution in [0, 0.1) is 0 Å². The first kappa shape index (κ1) is 13.3. The van der Waals surface area contributed by atoms with Gasteiger partial charge >= 0.3 is 0 Å². The zero-order valence-corrected chi connectivity index (χ0v) is 11.1. The number of nitrogens with one attached hydrogen (secondary N) is 2. The third kappa shape index (κ3) is 3.42. The molecule has 2 rings (SSSR count). The maximum absolute atomic E-state index is 11.9. The first-order valence-electron chi connectivity index (χ1n) is 5.89. The quantitative estimate of drug-likeness (QED) is 0.511. The molecule has 0 saturated carbocycles. The number of thiocarbonyl (C=S) groups is 1. The van der Waals surface area contributed by atoms with E-state index in [0.29, 0.717) is 12.1 Å². The van der Waals surface area contributed by atoms with Gasteiger partial charge in [0.1, 0.15) is 5.58 Å². The Bertz CT molecular complexity index is 586. The van der Waals surface area contributed by atoms with Crippen LogP contribution in [-0.2, 0) is 0 Å². The van der Waals surface area contributed by atoms with Crippen LogP contribution < -0.4 is 10.6 Å². The van der Waals surface area contributed by atoms with Crippen molar-refractivity contribution in [1.29, 1.82) is 0 Å². The van der Waals surface area contributed by atoms with Gasteiger partial charge in [-0.15, -0.1) is 6.58 Å². The fourth-order valence-corrected chi connectivity index (χ4v) is 1.79. The highest BCUT2D eigenvalue weighted by Gasteiger charge is 2.12. The molecule has 5 heteroatoms. The van der Waals surface area contributed by atoms with E-state index < -0.39 is 0 Å². The number of benzene rings is 1. The van der Waals surface area contributed by atoms with Crippen molar-refractivity contribution in [2.45, 2.75) is 6.42 Å². The summed E-state index contributed by atoms with van der Waals surface area (Å²) < 4.78 is 5.44. The van der Waals surface area contributed by atoms with Crippen LogP contribution in [-0.4, -0.2) is 17.6 Å². The van der Waals surface area contributed by atoms with Gasteiger partial charge in [-0.2, -0.15) is 0 Å². The van der Waals surface area contributed by atoms with Crippen molar-refractivity contribution in [3.05, 3.63) is 48.7 Å². The highest BCUT2D eigenvalue weighted by Crippen LogP contribution is 2.18. The smallest absolute Gasteiger partial charge is 0.293 e. The zero-order chi connectivity index (χ0) is 13.7. The summed E-state index contributed by atoms with van der Waals surface area (Å²) in [5.41, 5.74) is 0.679. The van der Waals surface area contributed by atoms with E-state index in [0.717, 1.165) is 11.8 Å². The standard InChI is InChI=1S/C14H14N2O2S/c1-2-3-8-15-14(19)16-13(17)12-9-10-6-4-5-7-11(10)18-12/h2,4-7,9H,1,3,8H2,(H2,15,16,17,19). The lowest BCUT2D eigenvalue weighted by molar-refractivity contribution is 0.0952. The van der Waals surface area contributed by atoms with Crippen molar-refractivity contribution in [2.75, 3.05) is 6.54 Å². The third-order valence-corrected chi connectivity index (χ3v) is 2.76. The maximum atomic E-state index is 11.9. The minimum Gasteiger partial charge on any atom is -0.451 e. The molecule has 1 amide bonds. The molecule has 1 aromatic heterocycles. The Kier molecular flexibility index (Phi) is 4.30. The summed E-state index contributed by atoms with van der Waals surface area (Å²) in [6.45, 7) is 4.25. The SMILES string of the molecule is C=CCCNC(=S)NC(=O)c1cc2ccccc2o1. The van der Waals surface area contributed by atoms with E-state index in [1.54, 1.807) is 12.1 Å². The molecule has 2 N–H and O–H groups in total. The Morgan fingerprint density at radius 2 is 2.21 bits per heavy atom. The molecule has 4 nitrogen and oxygen atoms in total. The summed E-state index contributed by atoms with van der Waals surface area (Å²) in [4.78, 5) is 11.9. The molecular weight excluding hydrogens is 260 g/mol. The lowest BCUT2D eigenvalue weighted by atomic mass is 10.2. The van der Waals surface area contributed by atoms with Crippen molar-refractivity contribution < 1.29 is 9.21 Å². The topological polar surface area (TPSA) is 54.3 Å². The van der Waals surface area contributed by atoms with Gasteiger partial charge in [0.2, 0.25) is 0 Å². The van der Waals surface area contributed by atoms with Crippen LogP contribution in [0.4, 0.5) is 0 Å². The predicted molar refractivity (Wildman–Crippen MR) is 79.1 cm³/mol. The highest BCUT2D eigenvalue weighted by atomic mass is 32.1. The summed E-state index contributed by atoms with van der Waals surface area (Å²) in [5, 5.41) is 6.65. The Labute approximate surface area is 116 Å². The molecule has 0 aliphatic carbocycles. The van der Waals surface area contributed by atoms with Gasteiger partial charge in [0.05, 0.1) is 0 Å². The second kappa shape index (κ2) is 6.15.